The fourth-order valence-corrected chi connectivity index (χ4v) is 3.77. The average Bonchev–Trinajstić information content (AvgIpc) is 2.91. The van der Waals surface area contributed by atoms with Crippen molar-refractivity contribution < 1.29 is 4.39 Å². The summed E-state index contributed by atoms with van der Waals surface area (Å²) in [5, 5.41) is 5.48. The quantitative estimate of drug-likeness (QED) is 0.918. The molecule has 0 saturated carbocycles. The summed E-state index contributed by atoms with van der Waals surface area (Å²) in [7, 11) is 0. The van der Waals surface area contributed by atoms with Crippen molar-refractivity contribution >= 4 is 17.0 Å². The number of hydrogen-bond donors (Lipinski definition) is 1. The summed E-state index contributed by atoms with van der Waals surface area (Å²) in [5.41, 5.74) is 2.33. The van der Waals surface area contributed by atoms with Crippen molar-refractivity contribution in [3.63, 3.8) is 0 Å². The summed E-state index contributed by atoms with van der Waals surface area (Å²) in [6.45, 7) is 5.20. The van der Waals surface area contributed by atoms with E-state index in [0.29, 0.717) is 6.04 Å². The van der Waals surface area contributed by atoms with Crippen LogP contribution in [-0.2, 0) is 6.42 Å². The molecular weight excluding hydrogens is 271 g/mol. The Hall–Kier alpha value is -1.39. The van der Waals surface area contributed by atoms with Crippen LogP contribution in [0.25, 0.3) is 0 Å². The molecule has 0 spiro atoms. The molecule has 106 valence electrons. The molecule has 1 aromatic carbocycles. The molecule has 1 aliphatic rings. The number of thiophene rings is 1. The lowest BCUT2D eigenvalue weighted by Gasteiger charge is -2.33. The van der Waals surface area contributed by atoms with E-state index in [1.54, 1.807) is 6.07 Å². The third-order valence-electron chi connectivity index (χ3n) is 3.96. The fraction of sp³-hybridized carbons (Fsp3) is 0.375. The standard InChI is InChI=1S/C16H19FN2S/c1-12-15-6-10-20-16(15)5-8-19(12)9-7-18-14-4-2-3-13(17)11-14/h2-4,6,10-12,18H,5,7-9H2,1H3. The van der Waals surface area contributed by atoms with E-state index in [2.05, 4.69) is 28.6 Å². The summed E-state index contributed by atoms with van der Waals surface area (Å²) >= 11 is 1.87. The van der Waals surface area contributed by atoms with E-state index in [1.165, 1.54) is 22.6 Å². The van der Waals surface area contributed by atoms with Crippen LogP contribution in [0.3, 0.4) is 0 Å². The van der Waals surface area contributed by atoms with Gasteiger partial charge in [0.15, 0.2) is 0 Å². The highest BCUT2D eigenvalue weighted by atomic mass is 32.1. The summed E-state index contributed by atoms with van der Waals surface area (Å²) < 4.78 is 13.1. The van der Waals surface area contributed by atoms with E-state index in [9.17, 15) is 4.39 Å². The van der Waals surface area contributed by atoms with Gasteiger partial charge in [0.25, 0.3) is 0 Å². The van der Waals surface area contributed by atoms with Crippen LogP contribution < -0.4 is 5.32 Å². The molecule has 0 saturated heterocycles. The first-order valence-corrected chi connectivity index (χ1v) is 7.92. The van der Waals surface area contributed by atoms with E-state index in [1.807, 2.05) is 17.4 Å². The van der Waals surface area contributed by atoms with Crippen LogP contribution in [-0.4, -0.2) is 24.5 Å². The minimum Gasteiger partial charge on any atom is -0.384 e. The van der Waals surface area contributed by atoms with Gasteiger partial charge in [-0.15, -0.1) is 11.3 Å². The molecule has 20 heavy (non-hydrogen) atoms. The second-order valence-electron chi connectivity index (χ2n) is 5.20. The summed E-state index contributed by atoms with van der Waals surface area (Å²) in [6.07, 6.45) is 1.15. The zero-order valence-corrected chi connectivity index (χ0v) is 12.4. The molecule has 3 rings (SSSR count). The topological polar surface area (TPSA) is 15.3 Å². The Morgan fingerprint density at radius 1 is 1.40 bits per heavy atom. The van der Waals surface area contributed by atoms with Crippen LogP contribution in [0.1, 0.15) is 23.4 Å². The van der Waals surface area contributed by atoms with Gasteiger partial charge in [0.1, 0.15) is 5.82 Å². The first-order chi connectivity index (χ1) is 9.74. The van der Waals surface area contributed by atoms with Crippen molar-refractivity contribution in [2.75, 3.05) is 25.0 Å². The van der Waals surface area contributed by atoms with Gasteiger partial charge in [0.2, 0.25) is 0 Å². The third kappa shape index (κ3) is 2.86. The van der Waals surface area contributed by atoms with Gasteiger partial charge >= 0.3 is 0 Å². The van der Waals surface area contributed by atoms with E-state index < -0.39 is 0 Å². The maximum Gasteiger partial charge on any atom is 0.125 e. The first-order valence-electron chi connectivity index (χ1n) is 7.04. The van der Waals surface area contributed by atoms with Crippen LogP contribution in [0.2, 0.25) is 0 Å². The average molecular weight is 290 g/mol. The Kier molecular flexibility index (Phi) is 4.03. The van der Waals surface area contributed by atoms with Gasteiger partial charge in [-0.1, -0.05) is 6.07 Å². The van der Waals surface area contributed by atoms with Gasteiger partial charge in [-0.05, 0) is 48.6 Å². The van der Waals surface area contributed by atoms with E-state index in [0.717, 1.165) is 31.7 Å². The second kappa shape index (κ2) is 5.94. The van der Waals surface area contributed by atoms with Gasteiger partial charge in [0, 0.05) is 36.2 Å². The molecule has 1 aliphatic heterocycles. The molecule has 0 bridgehead atoms. The van der Waals surface area contributed by atoms with Crippen LogP contribution in [0.4, 0.5) is 10.1 Å². The highest BCUT2D eigenvalue weighted by Gasteiger charge is 2.23. The number of nitrogens with zero attached hydrogens (tertiary/aromatic N) is 1. The minimum absolute atomic E-state index is 0.191. The van der Waals surface area contributed by atoms with Crippen LogP contribution in [0, 0.1) is 5.82 Å². The molecule has 1 unspecified atom stereocenters. The van der Waals surface area contributed by atoms with Crippen molar-refractivity contribution in [1.29, 1.82) is 0 Å². The highest BCUT2D eigenvalue weighted by Crippen LogP contribution is 2.32. The molecular formula is C16H19FN2S. The second-order valence-corrected chi connectivity index (χ2v) is 6.20. The number of anilines is 1. The smallest absolute Gasteiger partial charge is 0.125 e. The number of rotatable bonds is 4. The van der Waals surface area contributed by atoms with Crippen LogP contribution >= 0.6 is 11.3 Å². The lowest BCUT2D eigenvalue weighted by molar-refractivity contribution is 0.208. The van der Waals surface area contributed by atoms with Crippen molar-refractivity contribution in [1.82, 2.24) is 4.90 Å². The van der Waals surface area contributed by atoms with Crippen molar-refractivity contribution in [2.24, 2.45) is 0 Å². The summed E-state index contributed by atoms with van der Waals surface area (Å²) in [6, 6.07) is 9.38. The SMILES string of the molecule is CC1c2ccsc2CCN1CCNc1cccc(F)c1. The monoisotopic (exact) mass is 290 g/mol. The summed E-state index contributed by atoms with van der Waals surface area (Å²) in [4.78, 5) is 4.02. The predicted octanol–water partition coefficient (Wildman–Crippen LogP) is 3.92. The predicted molar refractivity (Wildman–Crippen MR) is 82.9 cm³/mol. The van der Waals surface area contributed by atoms with E-state index >= 15 is 0 Å². The maximum atomic E-state index is 13.1. The molecule has 2 heterocycles. The lowest BCUT2D eigenvalue weighted by atomic mass is 10.0. The molecule has 1 atom stereocenters. The van der Waals surface area contributed by atoms with Crippen LogP contribution in [0.15, 0.2) is 35.7 Å². The molecule has 0 radical (unpaired) electrons. The maximum absolute atomic E-state index is 13.1. The molecule has 0 amide bonds. The number of nitrogens with one attached hydrogen (secondary N) is 1. The number of fused-ring (bicyclic) bond motifs is 1. The van der Waals surface area contributed by atoms with Gasteiger partial charge in [0.05, 0.1) is 0 Å². The normalized spacial score (nSPS) is 18.8. The Labute approximate surface area is 123 Å². The van der Waals surface area contributed by atoms with E-state index in [-0.39, 0.29) is 5.82 Å². The van der Waals surface area contributed by atoms with Crippen molar-refractivity contribution in [2.45, 2.75) is 19.4 Å². The summed E-state index contributed by atoms with van der Waals surface area (Å²) in [5.74, 6) is -0.191. The largest absolute Gasteiger partial charge is 0.384 e. The lowest BCUT2D eigenvalue weighted by Crippen LogP contribution is -2.36. The van der Waals surface area contributed by atoms with E-state index in [4.69, 9.17) is 0 Å². The Bertz CT molecular complexity index is 581. The molecule has 1 N–H and O–H groups in total. The van der Waals surface area contributed by atoms with Gasteiger partial charge < -0.3 is 5.32 Å². The van der Waals surface area contributed by atoms with Gasteiger partial charge in [-0.2, -0.15) is 0 Å². The Morgan fingerprint density at radius 3 is 3.15 bits per heavy atom. The third-order valence-corrected chi connectivity index (χ3v) is 4.95. The van der Waals surface area contributed by atoms with Gasteiger partial charge in [-0.3, -0.25) is 4.90 Å². The van der Waals surface area contributed by atoms with Crippen molar-refractivity contribution in [3.05, 3.63) is 52.0 Å². The number of hydrogen-bond acceptors (Lipinski definition) is 3. The first kappa shape index (κ1) is 13.6. The molecule has 2 aromatic rings. The number of halogens is 1. The fourth-order valence-electron chi connectivity index (χ4n) is 2.81. The highest BCUT2D eigenvalue weighted by molar-refractivity contribution is 7.10. The molecule has 4 heteroatoms. The Morgan fingerprint density at radius 2 is 2.30 bits per heavy atom. The number of benzene rings is 1. The molecule has 0 fully saturated rings. The Balaban J connectivity index is 1.55. The molecule has 1 aromatic heterocycles. The zero-order chi connectivity index (χ0) is 13.9. The zero-order valence-electron chi connectivity index (χ0n) is 11.6. The molecule has 2 nitrogen and oxygen atoms in total. The van der Waals surface area contributed by atoms with Gasteiger partial charge in [-0.25, -0.2) is 4.39 Å². The van der Waals surface area contributed by atoms with Crippen LogP contribution in [0.5, 0.6) is 0 Å². The minimum atomic E-state index is -0.191. The molecule has 0 aliphatic carbocycles. The van der Waals surface area contributed by atoms with Crippen molar-refractivity contribution in [3.8, 4) is 0 Å².